The average Bonchev–Trinajstić information content (AvgIpc) is 2.41. The van der Waals surface area contributed by atoms with Crippen LogP contribution in [0.1, 0.15) is 39.0 Å². The Morgan fingerprint density at radius 2 is 1.85 bits per heavy atom. The molecule has 5 heteroatoms. The summed E-state index contributed by atoms with van der Waals surface area (Å²) in [6.45, 7) is 1.74. The highest BCUT2D eigenvalue weighted by molar-refractivity contribution is 5.89. The molecule has 0 bridgehead atoms. The Hall–Kier alpha value is -2.04. The lowest BCUT2D eigenvalue weighted by molar-refractivity contribution is 0.244. The summed E-state index contributed by atoms with van der Waals surface area (Å²) in [6, 6.07) is 7.47. The molecule has 1 fully saturated rings. The van der Waals surface area contributed by atoms with Crippen LogP contribution in [-0.4, -0.2) is 17.9 Å². The average molecular weight is 274 g/mol. The first kappa shape index (κ1) is 14.4. The van der Waals surface area contributed by atoms with Crippen LogP contribution in [0.4, 0.5) is 16.2 Å². The Morgan fingerprint density at radius 3 is 2.45 bits per heavy atom. The van der Waals surface area contributed by atoms with Gasteiger partial charge in [0.1, 0.15) is 0 Å². The minimum Gasteiger partial charge on any atom is -0.387 e. The second-order valence-corrected chi connectivity index (χ2v) is 5.23. The van der Waals surface area contributed by atoms with Gasteiger partial charge in [0.05, 0.1) is 11.5 Å². The molecular formula is C15H22N4O. The monoisotopic (exact) mass is 274 g/mol. The molecule has 0 spiro atoms. The summed E-state index contributed by atoms with van der Waals surface area (Å²) in [5, 5.41) is 5.86. The van der Waals surface area contributed by atoms with Gasteiger partial charge in [-0.25, -0.2) is 9.79 Å². The number of aliphatic imine (C=N–C) groups is 1. The van der Waals surface area contributed by atoms with E-state index in [0.29, 0.717) is 11.9 Å². The molecule has 0 radical (unpaired) electrons. The zero-order valence-electron chi connectivity index (χ0n) is 11.9. The highest BCUT2D eigenvalue weighted by Crippen LogP contribution is 2.18. The fourth-order valence-corrected chi connectivity index (χ4v) is 2.42. The second kappa shape index (κ2) is 6.93. The Bertz CT molecular complexity index is 471. The van der Waals surface area contributed by atoms with Crippen molar-refractivity contribution in [1.82, 2.24) is 5.32 Å². The van der Waals surface area contributed by atoms with Gasteiger partial charge in [0.15, 0.2) is 0 Å². The first-order chi connectivity index (χ1) is 9.63. The van der Waals surface area contributed by atoms with Gasteiger partial charge in [0, 0.05) is 11.7 Å². The molecule has 0 saturated heterocycles. The van der Waals surface area contributed by atoms with Gasteiger partial charge in [-0.3, -0.25) is 0 Å². The van der Waals surface area contributed by atoms with Gasteiger partial charge in [0.2, 0.25) is 0 Å². The van der Waals surface area contributed by atoms with Crippen LogP contribution < -0.4 is 16.4 Å². The fourth-order valence-electron chi connectivity index (χ4n) is 2.42. The molecular weight excluding hydrogens is 252 g/mol. The summed E-state index contributed by atoms with van der Waals surface area (Å²) < 4.78 is 0. The topological polar surface area (TPSA) is 79.5 Å². The van der Waals surface area contributed by atoms with Crippen molar-refractivity contribution in [3.8, 4) is 0 Å². The zero-order chi connectivity index (χ0) is 14.4. The number of anilines is 1. The van der Waals surface area contributed by atoms with Gasteiger partial charge in [-0.1, -0.05) is 19.3 Å². The standard InChI is InChI=1S/C15H22N4O/c1-11(16)17-13-7-9-14(10-8-13)19-15(20)18-12-5-3-2-4-6-12/h7-10,12H,2-6H2,1H3,(H2,16,17)(H2,18,19,20). The summed E-state index contributed by atoms with van der Waals surface area (Å²) in [4.78, 5) is 16.0. The molecule has 1 aromatic carbocycles. The largest absolute Gasteiger partial charge is 0.387 e. The number of nitrogens with zero attached hydrogens (tertiary/aromatic N) is 1. The van der Waals surface area contributed by atoms with Crippen LogP contribution in [0, 0.1) is 0 Å². The third kappa shape index (κ3) is 4.57. The third-order valence-corrected chi connectivity index (χ3v) is 3.37. The van der Waals surface area contributed by atoms with Gasteiger partial charge in [-0.2, -0.15) is 0 Å². The van der Waals surface area contributed by atoms with E-state index in [-0.39, 0.29) is 6.03 Å². The highest BCUT2D eigenvalue weighted by atomic mass is 16.2. The number of urea groups is 1. The Kier molecular flexibility index (Phi) is 4.98. The molecule has 2 amide bonds. The van der Waals surface area contributed by atoms with E-state index in [4.69, 9.17) is 5.73 Å². The normalized spacial score (nSPS) is 16.8. The summed E-state index contributed by atoms with van der Waals surface area (Å²) in [5.41, 5.74) is 7.05. The van der Waals surface area contributed by atoms with Gasteiger partial charge >= 0.3 is 6.03 Å². The molecule has 108 valence electrons. The second-order valence-electron chi connectivity index (χ2n) is 5.23. The smallest absolute Gasteiger partial charge is 0.319 e. The van der Waals surface area contributed by atoms with Crippen LogP contribution in [0.3, 0.4) is 0 Å². The number of nitrogens with one attached hydrogen (secondary N) is 2. The molecule has 0 aliphatic heterocycles. The Morgan fingerprint density at radius 1 is 1.20 bits per heavy atom. The molecule has 2 rings (SSSR count). The number of hydrogen-bond donors (Lipinski definition) is 3. The fraction of sp³-hybridized carbons (Fsp3) is 0.467. The number of rotatable bonds is 3. The SMILES string of the molecule is CC(N)=Nc1ccc(NC(=O)NC2CCCCC2)cc1. The van der Waals surface area contributed by atoms with Crippen molar-refractivity contribution in [2.75, 3.05) is 5.32 Å². The molecule has 0 aromatic heterocycles. The lowest BCUT2D eigenvalue weighted by atomic mass is 9.96. The van der Waals surface area contributed by atoms with E-state index in [1.54, 1.807) is 6.92 Å². The highest BCUT2D eigenvalue weighted by Gasteiger charge is 2.15. The van der Waals surface area contributed by atoms with Crippen LogP contribution in [-0.2, 0) is 0 Å². The summed E-state index contributed by atoms with van der Waals surface area (Å²) in [7, 11) is 0. The first-order valence-corrected chi connectivity index (χ1v) is 7.12. The number of carbonyl (C=O) groups excluding carboxylic acids is 1. The summed E-state index contributed by atoms with van der Waals surface area (Å²) >= 11 is 0. The van der Waals surface area contributed by atoms with E-state index in [9.17, 15) is 4.79 Å². The van der Waals surface area contributed by atoms with Gasteiger partial charge < -0.3 is 16.4 Å². The molecule has 0 heterocycles. The predicted octanol–water partition coefficient (Wildman–Crippen LogP) is 3.15. The lowest BCUT2D eigenvalue weighted by Gasteiger charge is -2.22. The van der Waals surface area contributed by atoms with Crippen molar-refractivity contribution >= 4 is 23.2 Å². The van der Waals surface area contributed by atoms with E-state index >= 15 is 0 Å². The van der Waals surface area contributed by atoms with Crippen molar-refractivity contribution < 1.29 is 4.79 Å². The minimum atomic E-state index is -0.136. The van der Waals surface area contributed by atoms with E-state index < -0.39 is 0 Å². The number of benzene rings is 1. The molecule has 0 unspecified atom stereocenters. The number of nitrogens with two attached hydrogens (primary N) is 1. The molecule has 4 N–H and O–H groups in total. The van der Waals surface area contributed by atoms with Crippen molar-refractivity contribution in [2.24, 2.45) is 10.7 Å². The van der Waals surface area contributed by atoms with E-state index in [0.717, 1.165) is 24.2 Å². The van der Waals surface area contributed by atoms with Crippen LogP contribution in [0.5, 0.6) is 0 Å². The van der Waals surface area contributed by atoms with Crippen LogP contribution in [0.15, 0.2) is 29.3 Å². The van der Waals surface area contributed by atoms with Crippen LogP contribution in [0.2, 0.25) is 0 Å². The maximum atomic E-state index is 11.9. The van der Waals surface area contributed by atoms with Gasteiger partial charge in [-0.15, -0.1) is 0 Å². The lowest BCUT2D eigenvalue weighted by Crippen LogP contribution is -2.38. The zero-order valence-corrected chi connectivity index (χ0v) is 11.9. The van der Waals surface area contributed by atoms with Gasteiger partial charge in [0.25, 0.3) is 0 Å². The Labute approximate surface area is 119 Å². The summed E-state index contributed by atoms with van der Waals surface area (Å²) in [5.74, 6) is 0.515. The quantitative estimate of drug-likeness (QED) is 0.584. The first-order valence-electron chi connectivity index (χ1n) is 7.12. The molecule has 5 nitrogen and oxygen atoms in total. The Balaban J connectivity index is 1.86. The maximum Gasteiger partial charge on any atom is 0.319 e. The van der Waals surface area contributed by atoms with Crippen molar-refractivity contribution in [3.05, 3.63) is 24.3 Å². The number of amides is 2. The van der Waals surface area contributed by atoms with E-state index in [1.807, 2.05) is 24.3 Å². The minimum absolute atomic E-state index is 0.136. The number of amidine groups is 1. The van der Waals surface area contributed by atoms with E-state index in [2.05, 4.69) is 15.6 Å². The maximum absolute atomic E-state index is 11.9. The molecule has 1 aliphatic rings. The third-order valence-electron chi connectivity index (χ3n) is 3.37. The van der Waals surface area contributed by atoms with E-state index in [1.165, 1.54) is 19.3 Å². The molecule has 1 saturated carbocycles. The van der Waals surface area contributed by atoms with Gasteiger partial charge in [-0.05, 0) is 44.0 Å². The molecule has 20 heavy (non-hydrogen) atoms. The number of hydrogen-bond acceptors (Lipinski definition) is 2. The molecule has 1 aromatic rings. The van der Waals surface area contributed by atoms with Crippen molar-refractivity contribution in [2.45, 2.75) is 45.1 Å². The number of carbonyl (C=O) groups is 1. The van der Waals surface area contributed by atoms with Crippen LogP contribution >= 0.6 is 0 Å². The molecule has 1 aliphatic carbocycles. The van der Waals surface area contributed by atoms with Crippen molar-refractivity contribution in [3.63, 3.8) is 0 Å². The van der Waals surface area contributed by atoms with Crippen molar-refractivity contribution in [1.29, 1.82) is 0 Å². The molecule has 0 atom stereocenters. The predicted molar refractivity (Wildman–Crippen MR) is 82.4 cm³/mol. The van der Waals surface area contributed by atoms with Crippen LogP contribution in [0.25, 0.3) is 0 Å². The summed E-state index contributed by atoms with van der Waals surface area (Å²) in [6.07, 6.45) is 5.85.